The van der Waals surface area contributed by atoms with E-state index < -0.39 is 34.1 Å². The van der Waals surface area contributed by atoms with Gasteiger partial charge in [0.15, 0.2) is 9.84 Å². The number of carbonyl (C=O) groups is 1. The van der Waals surface area contributed by atoms with Crippen molar-refractivity contribution in [2.75, 3.05) is 12.9 Å². The number of hydrogen-bond donors (Lipinski definition) is 0. The summed E-state index contributed by atoms with van der Waals surface area (Å²) in [5.41, 5.74) is -0.482. The maximum atomic E-state index is 12.3. The lowest BCUT2D eigenvalue weighted by atomic mass is 9.78. The number of esters is 1. The molecule has 0 bridgehead atoms. The summed E-state index contributed by atoms with van der Waals surface area (Å²) < 4.78 is 41.3. The zero-order valence-corrected chi connectivity index (χ0v) is 17.1. The molecule has 1 fully saturated rings. The highest BCUT2D eigenvalue weighted by atomic mass is 32.2. The number of unbranched alkanes of at least 4 members (excludes halogenated alkanes) is 1. The van der Waals surface area contributed by atoms with E-state index in [0.29, 0.717) is 12.1 Å². The quantitative estimate of drug-likeness (QED) is 0.427. The van der Waals surface area contributed by atoms with Crippen LogP contribution < -0.4 is 5.46 Å². The second-order valence-electron chi connectivity index (χ2n) is 7.64. The largest absolute Gasteiger partial charge is 0.494 e. The lowest BCUT2D eigenvalue weighted by molar-refractivity contribution is 0.00578. The normalized spacial score (nSPS) is 18.8. The van der Waals surface area contributed by atoms with Crippen LogP contribution in [-0.4, -0.2) is 45.6 Å². The van der Waals surface area contributed by atoms with Crippen LogP contribution in [-0.2, 0) is 23.9 Å². The topological polar surface area (TPSA) is 78.9 Å². The highest BCUT2D eigenvalue weighted by molar-refractivity contribution is 7.90. The standard InChI is InChI=1S/C18H27BO6S/c1-7-8-9-23-16(20)13-10-14(12-15(11-13)26(6,21)22)19-24-17(2,3)18(4,5)25-19/h10-12H,7-9H2,1-6H3. The Morgan fingerprint density at radius 1 is 1.12 bits per heavy atom. The van der Waals surface area contributed by atoms with Crippen molar-refractivity contribution in [3.63, 3.8) is 0 Å². The van der Waals surface area contributed by atoms with Crippen molar-refractivity contribution in [1.29, 1.82) is 0 Å². The Hall–Kier alpha value is -1.38. The van der Waals surface area contributed by atoms with Gasteiger partial charge in [-0.1, -0.05) is 13.3 Å². The summed E-state index contributed by atoms with van der Waals surface area (Å²) >= 11 is 0. The van der Waals surface area contributed by atoms with Gasteiger partial charge >= 0.3 is 13.1 Å². The van der Waals surface area contributed by atoms with Gasteiger partial charge in [0.25, 0.3) is 0 Å². The van der Waals surface area contributed by atoms with Crippen molar-refractivity contribution in [2.45, 2.75) is 63.6 Å². The highest BCUT2D eigenvalue weighted by Crippen LogP contribution is 2.36. The smallest absolute Gasteiger partial charge is 0.462 e. The zero-order valence-electron chi connectivity index (χ0n) is 16.3. The molecule has 6 nitrogen and oxygen atoms in total. The third-order valence-electron chi connectivity index (χ3n) is 4.85. The Kier molecular flexibility index (Phi) is 5.90. The summed E-state index contributed by atoms with van der Waals surface area (Å²) in [7, 11) is -4.27. The molecule has 1 aliphatic rings. The van der Waals surface area contributed by atoms with Gasteiger partial charge in [0.2, 0.25) is 0 Å². The third kappa shape index (κ3) is 4.47. The van der Waals surface area contributed by atoms with E-state index >= 15 is 0 Å². The number of sulfone groups is 1. The molecule has 1 saturated heterocycles. The summed E-state index contributed by atoms with van der Waals surface area (Å²) in [6.07, 6.45) is 2.75. The van der Waals surface area contributed by atoms with E-state index in [1.807, 2.05) is 34.6 Å². The molecular weight excluding hydrogens is 355 g/mol. The van der Waals surface area contributed by atoms with E-state index in [4.69, 9.17) is 14.0 Å². The van der Waals surface area contributed by atoms with Crippen LogP contribution in [0.5, 0.6) is 0 Å². The van der Waals surface area contributed by atoms with Gasteiger partial charge in [0.05, 0.1) is 28.3 Å². The molecule has 0 aliphatic carbocycles. The molecule has 0 N–H and O–H groups in total. The summed E-state index contributed by atoms with van der Waals surface area (Å²) in [6.45, 7) is 9.93. The fraction of sp³-hybridized carbons (Fsp3) is 0.611. The summed E-state index contributed by atoms with van der Waals surface area (Å²) in [6, 6.07) is 4.39. The first-order chi connectivity index (χ1) is 11.9. The molecule has 1 aliphatic heterocycles. The van der Waals surface area contributed by atoms with Crippen LogP contribution in [0.4, 0.5) is 0 Å². The number of benzene rings is 1. The fourth-order valence-electron chi connectivity index (χ4n) is 2.46. The minimum Gasteiger partial charge on any atom is -0.462 e. The zero-order chi connectivity index (χ0) is 19.8. The van der Waals surface area contributed by atoms with E-state index in [2.05, 4.69) is 0 Å². The van der Waals surface area contributed by atoms with Crippen LogP contribution in [0.2, 0.25) is 0 Å². The van der Waals surface area contributed by atoms with Gasteiger partial charge in [-0.3, -0.25) is 0 Å². The Morgan fingerprint density at radius 2 is 1.69 bits per heavy atom. The number of carbonyl (C=O) groups excluding carboxylic acids is 1. The van der Waals surface area contributed by atoms with Crippen LogP contribution >= 0.6 is 0 Å². The predicted molar refractivity (Wildman–Crippen MR) is 100 cm³/mol. The molecular formula is C18H27BO6S. The second kappa shape index (κ2) is 7.33. The Morgan fingerprint density at radius 3 is 2.19 bits per heavy atom. The van der Waals surface area contributed by atoms with E-state index in [1.54, 1.807) is 6.07 Å². The number of hydrogen-bond acceptors (Lipinski definition) is 6. The molecule has 1 aromatic rings. The fourth-order valence-corrected chi connectivity index (χ4v) is 3.15. The molecule has 2 rings (SSSR count). The molecule has 0 unspecified atom stereocenters. The third-order valence-corrected chi connectivity index (χ3v) is 5.94. The van der Waals surface area contributed by atoms with Gasteiger partial charge in [-0.25, -0.2) is 13.2 Å². The van der Waals surface area contributed by atoms with Crippen molar-refractivity contribution < 1.29 is 27.3 Å². The van der Waals surface area contributed by atoms with Gasteiger partial charge < -0.3 is 14.0 Å². The van der Waals surface area contributed by atoms with E-state index in [0.717, 1.165) is 19.1 Å². The van der Waals surface area contributed by atoms with Crippen molar-refractivity contribution in [1.82, 2.24) is 0 Å². The Balaban J connectivity index is 2.41. The average molecular weight is 382 g/mol. The average Bonchev–Trinajstić information content (AvgIpc) is 2.74. The lowest BCUT2D eigenvalue weighted by Gasteiger charge is -2.32. The molecule has 0 spiro atoms. The minimum absolute atomic E-state index is 0.0344. The molecule has 26 heavy (non-hydrogen) atoms. The van der Waals surface area contributed by atoms with Crippen LogP contribution in [0.3, 0.4) is 0 Å². The summed E-state index contributed by atoms with van der Waals surface area (Å²) in [5, 5.41) is 0. The number of rotatable bonds is 6. The van der Waals surface area contributed by atoms with Crippen LogP contribution in [0.1, 0.15) is 57.8 Å². The first-order valence-corrected chi connectivity index (χ1v) is 10.6. The van der Waals surface area contributed by atoms with Gasteiger partial charge in [-0.2, -0.15) is 0 Å². The first kappa shape index (κ1) is 20.9. The van der Waals surface area contributed by atoms with E-state index in [9.17, 15) is 13.2 Å². The molecule has 0 saturated carbocycles. The monoisotopic (exact) mass is 382 g/mol. The van der Waals surface area contributed by atoms with Crippen molar-refractivity contribution >= 4 is 28.4 Å². The Labute approximate surface area is 156 Å². The molecule has 1 aromatic carbocycles. The van der Waals surface area contributed by atoms with E-state index in [-0.39, 0.29) is 10.5 Å². The van der Waals surface area contributed by atoms with Crippen molar-refractivity contribution in [3.8, 4) is 0 Å². The molecule has 0 amide bonds. The first-order valence-electron chi connectivity index (χ1n) is 8.75. The van der Waals surface area contributed by atoms with Crippen molar-refractivity contribution in [3.05, 3.63) is 23.8 Å². The maximum absolute atomic E-state index is 12.3. The molecule has 8 heteroatoms. The van der Waals surface area contributed by atoms with Gasteiger partial charge in [0.1, 0.15) is 0 Å². The minimum atomic E-state index is -3.51. The van der Waals surface area contributed by atoms with E-state index in [1.165, 1.54) is 12.1 Å². The summed E-state index contributed by atoms with van der Waals surface area (Å²) in [4.78, 5) is 12.4. The molecule has 0 aromatic heterocycles. The highest BCUT2D eigenvalue weighted by Gasteiger charge is 2.52. The second-order valence-corrected chi connectivity index (χ2v) is 9.66. The molecule has 0 atom stereocenters. The summed E-state index contributed by atoms with van der Waals surface area (Å²) in [5.74, 6) is -0.554. The van der Waals surface area contributed by atoms with Crippen LogP contribution in [0.15, 0.2) is 23.1 Å². The lowest BCUT2D eigenvalue weighted by Crippen LogP contribution is -2.41. The van der Waals surface area contributed by atoms with Gasteiger partial charge in [-0.15, -0.1) is 0 Å². The molecule has 0 radical (unpaired) electrons. The predicted octanol–water partition coefficient (Wildman–Crippen LogP) is 2.35. The van der Waals surface area contributed by atoms with Crippen LogP contribution in [0, 0.1) is 0 Å². The molecule has 144 valence electrons. The SMILES string of the molecule is CCCCOC(=O)c1cc(B2OC(C)(C)C(C)(C)O2)cc(S(C)(=O)=O)c1. The van der Waals surface area contributed by atoms with Crippen LogP contribution in [0.25, 0.3) is 0 Å². The molecule has 1 heterocycles. The number of ether oxygens (including phenoxy) is 1. The Bertz CT molecular complexity index is 769. The van der Waals surface area contributed by atoms with Crippen molar-refractivity contribution in [2.24, 2.45) is 0 Å². The van der Waals surface area contributed by atoms with Gasteiger partial charge in [0, 0.05) is 6.26 Å². The van der Waals surface area contributed by atoms with Gasteiger partial charge in [-0.05, 0) is 57.8 Å². The maximum Gasteiger partial charge on any atom is 0.494 e.